The van der Waals surface area contributed by atoms with E-state index in [-0.39, 0.29) is 42.4 Å². The number of hydrogen-bond acceptors (Lipinski definition) is 8. The molecule has 0 spiro atoms. The highest BCUT2D eigenvalue weighted by Crippen LogP contribution is 2.38. The molecule has 0 bridgehead atoms. The fourth-order valence-corrected chi connectivity index (χ4v) is 5.61. The maximum atomic E-state index is 13.5. The number of unbranched alkanes of at least 4 members (excludes halogenated alkanes) is 2. The number of carbonyl (C=O) groups is 2. The Bertz CT molecular complexity index is 1400. The molecule has 1 N–H and O–H groups in total. The zero-order valence-corrected chi connectivity index (χ0v) is 24.4. The van der Waals surface area contributed by atoms with Gasteiger partial charge in [-0.2, -0.15) is 28.5 Å². The number of amides is 2. The number of alkyl halides is 3. The number of hydrazone groups is 3. The number of ether oxygens (including phenoxy) is 2. The molecule has 13 heteroatoms. The summed E-state index contributed by atoms with van der Waals surface area (Å²) in [7, 11) is 1.39. The molecule has 4 heterocycles. The first-order valence-electron chi connectivity index (χ1n) is 14.4. The lowest BCUT2D eigenvalue weighted by atomic mass is 9.86. The van der Waals surface area contributed by atoms with Crippen molar-refractivity contribution in [2.75, 3.05) is 20.3 Å². The van der Waals surface area contributed by atoms with Crippen molar-refractivity contribution in [1.29, 1.82) is 0 Å². The second-order valence-electron chi connectivity index (χ2n) is 11.1. The summed E-state index contributed by atoms with van der Waals surface area (Å²) < 4.78 is 51.6. The van der Waals surface area contributed by atoms with E-state index in [0.717, 1.165) is 29.9 Å². The van der Waals surface area contributed by atoms with Crippen LogP contribution in [0.2, 0.25) is 0 Å². The molecule has 5 rings (SSSR count). The summed E-state index contributed by atoms with van der Waals surface area (Å²) in [5.41, 5.74) is 4.65. The molecule has 0 saturated heterocycles. The van der Waals surface area contributed by atoms with Gasteiger partial charge in [0.1, 0.15) is 11.5 Å². The van der Waals surface area contributed by atoms with Crippen LogP contribution in [0, 0.1) is 11.8 Å². The van der Waals surface area contributed by atoms with Crippen LogP contribution in [0.4, 0.5) is 13.2 Å². The van der Waals surface area contributed by atoms with Gasteiger partial charge in [0.15, 0.2) is 0 Å². The van der Waals surface area contributed by atoms with Gasteiger partial charge in [0, 0.05) is 49.3 Å². The average molecular weight is 601 g/mol. The molecule has 4 aliphatic rings. The molecule has 0 saturated carbocycles. The van der Waals surface area contributed by atoms with Crippen molar-refractivity contribution in [2.45, 2.75) is 64.6 Å². The molecule has 0 fully saturated rings. The fourth-order valence-electron chi connectivity index (χ4n) is 5.61. The van der Waals surface area contributed by atoms with E-state index in [1.165, 1.54) is 17.1 Å². The van der Waals surface area contributed by atoms with E-state index in [9.17, 15) is 22.8 Å². The Hall–Kier alpha value is -4.16. The van der Waals surface area contributed by atoms with Crippen LogP contribution < -0.4 is 10.2 Å². The average Bonchev–Trinajstić information content (AvgIpc) is 3.43. The van der Waals surface area contributed by atoms with Crippen LogP contribution in [0.25, 0.3) is 0 Å². The first kappa shape index (κ1) is 30.3. The van der Waals surface area contributed by atoms with E-state index in [2.05, 4.69) is 20.7 Å². The first-order valence-corrected chi connectivity index (χ1v) is 14.4. The number of rotatable bonds is 10. The number of allylic oxidation sites excluding steroid dienone is 2. The Kier molecular flexibility index (Phi) is 8.88. The van der Waals surface area contributed by atoms with Gasteiger partial charge in [0.05, 0.1) is 31.2 Å². The molecular formula is C30H35F3N6O4. The molecule has 230 valence electrons. The van der Waals surface area contributed by atoms with Crippen molar-refractivity contribution in [3.63, 3.8) is 0 Å². The molecule has 1 aromatic rings. The van der Waals surface area contributed by atoms with Gasteiger partial charge in [-0.3, -0.25) is 9.59 Å². The van der Waals surface area contributed by atoms with Gasteiger partial charge >= 0.3 is 6.18 Å². The third-order valence-electron chi connectivity index (χ3n) is 7.89. The van der Waals surface area contributed by atoms with Crippen molar-refractivity contribution in [3.8, 4) is 5.75 Å². The molecule has 3 unspecified atom stereocenters. The second-order valence-corrected chi connectivity index (χ2v) is 11.1. The van der Waals surface area contributed by atoms with Gasteiger partial charge in [-0.15, -0.1) is 0 Å². The van der Waals surface area contributed by atoms with Gasteiger partial charge < -0.3 is 9.47 Å². The molecular weight excluding hydrogens is 565 g/mol. The highest BCUT2D eigenvalue weighted by molar-refractivity contribution is 6.08. The predicted molar refractivity (Wildman–Crippen MR) is 154 cm³/mol. The van der Waals surface area contributed by atoms with E-state index in [4.69, 9.17) is 9.47 Å². The van der Waals surface area contributed by atoms with Gasteiger partial charge in [0.2, 0.25) is 17.7 Å². The summed E-state index contributed by atoms with van der Waals surface area (Å²) in [4.78, 5) is 24.2. The first-order chi connectivity index (χ1) is 20.5. The third-order valence-corrected chi connectivity index (χ3v) is 7.89. The van der Waals surface area contributed by atoms with E-state index in [0.29, 0.717) is 37.3 Å². The Morgan fingerprint density at radius 1 is 0.953 bits per heavy atom. The smallest absolute Gasteiger partial charge is 0.431 e. The minimum Gasteiger partial charge on any atom is -0.494 e. The van der Waals surface area contributed by atoms with Crippen molar-refractivity contribution in [1.82, 2.24) is 15.4 Å². The molecule has 2 amide bonds. The van der Waals surface area contributed by atoms with Crippen LogP contribution in [0.15, 0.2) is 63.2 Å². The molecule has 0 aliphatic carbocycles. The van der Waals surface area contributed by atoms with Gasteiger partial charge in [0.25, 0.3) is 0 Å². The monoisotopic (exact) mass is 600 g/mol. The van der Waals surface area contributed by atoms with Crippen molar-refractivity contribution in [3.05, 3.63) is 53.4 Å². The van der Waals surface area contributed by atoms with Crippen molar-refractivity contribution >= 4 is 28.9 Å². The van der Waals surface area contributed by atoms with Gasteiger partial charge in [-0.25, -0.2) is 15.4 Å². The Morgan fingerprint density at radius 3 is 2.40 bits per heavy atom. The number of benzene rings is 1. The number of carbonyl (C=O) groups excluding carboxylic acids is 2. The van der Waals surface area contributed by atoms with E-state index in [1.54, 1.807) is 12.2 Å². The Labute approximate surface area is 248 Å². The second kappa shape index (κ2) is 12.6. The van der Waals surface area contributed by atoms with Crippen LogP contribution in [-0.4, -0.2) is 71.4 Å². The van der Waals surface area contributed by atoms with Crippen LogP contribution in [0.1, 0.15) is 57.9 Å². The Balaban J connectivity index is 1.13. The van der Waals surface area contributed by atoms with E-state index < -0.39 is 17.9 Å². The lowest BCUT2D eigenvalue weighted by Gasteiger charge is -2.34. The number of hydrogen-bond donors (Lipinski definition) is 1. The summed E-state index contributed by atoms with van der Waals surface area (Å²) in [5.74, 6) is 0.577. The number of nitrogens with one attached hydrogen (secondary N) is 1. The molecule has 10 nitrogen and oxygen atoms in total. The van der Waals surface area contributed by atoms with Crippen LogP contribution in [0.5, 0.6) is 5.75 Å². The summed E-state index contributed by atoms with van der Waals surface area (Å²) >= 11 is 0. The highest BCUT2D eigenvalue weighted by atomic mass is 19.4. The predicted octanol–water partition coefficient (Wildman–Crippen LogP) is 4.74. The summed E-state index contributed by atoms with van der Waals surface area (Å²) in [6, 6.07) is 6.91. The fraction of sp³-hybridized carbons (Fsp3) is 0.500. The van der Waals surface area contributed by atoms with Crippen LogP contribution in [-0.2, 0) is 14.3 Å². The number of methoxy groups -OCH3 is 1. The maximum Gasteiger partial charge on any atom is 0.431 e. The lowest BCUT2D eigenvalue weighted by molar-refractivity contribution is -0.132. The number of nitrogens with zero attached hydrogens (tertiary/aromatic N) is 5. The largest absolute Gasteiger partial charge is 0.494 e. The van der Waals surface area contributed by atoms with E-state index >= 15 is 0 Å². The van der Waals surface area contributed by atoms with Gasteiger partial charge in [-0.05, 0) is 55.2 Å². The lowest BCUT2D eigenvalue weighted by Crippen LogP contribution is -2.42. The minimum absolute atomic E-state index is 0.0457. The zero-order valence-electron chi connectivity index (χ0n) is 24.4. The quantitative estimate of drug-likeness (QED) is 0.391. The highest BCUT2D eigenvalue weighted by Gasteiger charge is 2.47. The topological polar surface area (TPSA) is 108 Å². The molecule has 3 atom stereocenters. The maximum absolute atomic E-state index is 13.5. The van der Waals surface area contributed by atoms with Crippen molar-refractivity contribution in [2.24, 2.45) is 27.1 Å². The molecule has 4 aliphatic heterocycles. The van der Waals surface area contributed by atoms with Crippen molar-refractivity contribution < 1.29 is 32.2 Å². The minimum atomic E-state index is -4.54. The molecule has 43 heavy (non-hydrogen) atoms. The van der Waals surface area contributed by atoms with Gasteiger partial charge in [-0.1, -0.05) is 13.8 Å². The Morgan fingerprint density at radius 2 is 1.70 bits per heavy atom. The zero-order chi connectivity index (χ0) is 30.7. The SMILES string of the molecule is COC1=CC=C(C2=NN(CCCCCOc3ccc(C4=NNC(=O)CC4C)cc3)C(=O)CC2C)C2CC(C(F)(F)F)=NN12. The summed E-state index contributed by atoms with van der Waals surface area (Å²) in [5, 5.41) is 15.3. The molecule has 1 aromatic carbocycles. The summed E-state index contributed by atoms with van der Waals surface area (Å²) in [6.07, 6.45) is 1.37. The third kappa shape index (κ3) is 6.75. The van der Waals surface area contributed by atoms with Crippen LogP contribution in [0.3, 0.4) is 0 Å². The molecule has 0 radical (unpaired) electrons. The van der Waals surface area contributed by atoms with Crippen LogP contribution >= 0.6 is 0 Å². The normalized spacial score (nSPS) is 24.0. The number of fused-ring (bicyclic) bond motifs is 1. The standard InChI is InChI=1S/C30H35F3N6O4/c1-18-15-25(40)34-35-28(18)20-7-9-21(10-8-20)43-14-6-4-5-13-38-26(41)16-19(2)29(37-38)22-11-12-27(42-3)39-23(22)17-24(36-39)30(31,32)33/h7-12,18-19,23H,4-6,13-17H2,1-3H3,(H,34,40). The number of halogens is 3. The van der Waals surface area contributed by atoms with E-state index in [1.807, 2.05) is 38.1 Å². The summed E-state index contributed by atoms with van der Waals surface area (Å²) in [6.45, 7) is 4.75. The molecule has 0 aromatic heterocycles.